The zero-order valence-corrected chi connectivity index (χ0v) is 17.6. The van der Waals surface area contributed by atoms with Crippen molar-refractivity contribution >= 4 is 13.4 Å². The average Bonchev–Trinajstić information content (AvgIpc) is 2.66. The van der Waals surface area contributed by atoms with Crippen molar-refractivity contribution in [1.82, 2.24) is 0 Å². The molecule has 4 nitrogen and oxygen atoms in total. The molecule has 0 heterocycles. The topological polar surface area (TPSA) is 47.6 Å². The number of benzene rings is 3. The molecule has 0 bridgehead atoms. The van der Waals surface area contributed by atoms with Gasteiger partial charge >= 0.3 is 7.75 Å². The van der Waals surface area contributed by atoms with Crippen LogP contribution in [0.1, 0.15) is 36.5 Å². The number of hydrogen-bond donors (Lipinski definition) is 1. The summed E-state index contributed by atoms with van der Waals surface area (Å²) in [6, 6.07) is 22.5. The molecule has 0 aromatic heterocycles. The molecule has 0 saturated carbocycles. The number of rotatable bonds is 7. The van der Waals surface area contributed by atoms with Crippen LogP contribution in [0.5, 0.6) is 11.5 Å². The van der Waals surface area contributed by atoms with Crippen LogP contribution in [0.25, 0.3) is 0 Å². The second-order valence-electron chi connectivity index (χ2n) is 7.19. The van der Waals surface area contributed by atoms with Crippen LogP contribution in [-0.4, -0.2) is 0 Å². The van der Waals surface area contributed by atoms with Crippen LogP contribution in [0.4, 0.5) is 5.69 Å². The van der Waals surface area contributed by atoms with Gasteiger partial charge in [-0.2, -0.15) is 0 Å². The third-order valence-electron chi connectivity index (χ3n) is 4.34. The number of anilines is 1. The van der Waals surface area contributed by atoms with Crippen molar-refractivity contribution in [2.24, 2.45) is 0 Å². The van der Waals surface area contributed by atoms with Gasteiger partial charge in [0.25, 0.3) is 0 Å². The second kappa shape index (κ2) is 8.53. The highest BCUT2D eigenvalue weighted by Gasteiger charge is 2.29. The van der Waals surface area contributed by atoms with Crippen LogP contribution >= 0.6 is 7.75 Å². The lowest BCUT2D eigenvalue weighted by molar-refractivity contribution is 0.393. The first-order valence-electron chi connectivity index (χ1n) is 9.34. The van der Waals surface area contributed by atoms with Crippen molar-refractivity contribution in [1.29, 1.82) is 0 Å². The lowest BCUT2D eigenvalue weighted by Gasteiger charge is -2.21. The maximum Gasteiger partial charge on any atom is 0.541 e. The molecule has 3 aromatic carbocycles. The Morgan fingerprint density at radius 3 is 1.54 bits per heavy atom. The Morgan fingerprint density at radius 2 is 1.14 bits per heavy atom. The summed E-state index contributed by atoms with van der Waals surface area (Å²) in [6.07, 6.45) is 0. The monoisotopic (exact) mass is 395 g/mol. The smallest absolute Gasteiger partial charge is 0.400 e. The van der Waals surface area contributed by atoms with E-state index in [2.05, 4.69) is 18.9 Å². The summed E-state index contributed by atoms with van der Waals surface area (Å²) in [6.45, 7) is 8.24. The Hall–Kier alpha value is -2.71. The van der Waals surface area contributed by atoms with Gasteiger partial charge in [0.2, 0.25) is 0 Å². The van der Waals surface area contributed by atoms with E-state index < -0.39 is 7.75 Å². The van der Waals surface area contributed by atoms with Gasteiger partial charge in [0.15, 0.2) is 0 Å². The molecule has 0 amide bonds. The molecule has 28 heavy (non-hydrogen) atoms. The van der Waals surface area contributed by atoms with Crippen molar-refractivity contribution in [2.45, 2.75) is 33.6 Å². The van der Waals surface area contributed by atoms with Crippen LogP contribution < -0.4 is 14.1 Å². The SMILES string of the molecule is Cc1ccc(OP(=O)(Nc2ccc(C(C)C)cc2)Oc2ccc(C)cc2)cc1. The van der Waals surface area contributed by atoms with Crippen LogP contribution in [-0.2, 0) is 4.57 Å². The Morgan fingerprint density at radius 1 is 0.714 bits per heavy atom. The summed E-state index contributed by atoms with van der Waals surface area (Å²) >= 11 is 0. The summed E-state index contributed by atoms with van der Waals surface area (Å²) in [7, 11) is -3.70. The molecule has 0 radical (unpaired) electrons. The van der Waals surface area contributed by atoms with Crippen molar-refractivity contribution in [3.05, 3.63) is 89.5 Å². The molecule has 0 aliphatic carbocycles. The lowest BCUT2D eigenvalue weighted by atomic mass is 10.0. The van der Waals surface area contributed by atoms with E-state index in [9.17, 15) is 4.57 Å². The average molecular weight is 395 g/mol. The Kier molecular flexibility index (Phi) is 6.11. The van der Waals surface area contributed by atoms with Gasteiger partial charge in [0.1, 0.15) is 11.5 Å². The zero-order chi connectivity index (χ0) is 20.1. The Bertz CT molecular complexity index is 897. The van der Waals surface area contributed by atoms with Crippen LogP contribution in [0.2, 0.25) is 0 Å². The third-order valence-corrected chi connectivity index (χ3v) is 5.77. The number of hydrogen-bond acceptors (Lipinski definition) is 3. The van der Waals surface area contributed by atoms with E-state index in [-0.39, 0.29) is 0 Å². The highest BCUT2D eigenvalue weighted by molar-refractivity contribution is 7.56. The molecule has 3 rings (SSSR count). The first-order valence-corrected chi connectivity index (χ1v) is 10.9. The standard InChI is InChI=1S/C23H26NO3P/c1-17(2)20-9-11-21(12-10-20)24-28(25,26-22-13-5-18(3)6-14-22)27-23-15-7-19(4)8-16-23/h5-17H,1-4H3,(H,24,25). The largest absolute Gasteiger partial charge is 0.541 e. The fraction of sp³-hybridized carbons (Fsp3) is 0.217. The van der Waals surface area contributed by atoms with E-state index >= 15 is 0 Å². The maximum absolute atomic E-state index is 13.6. The minimum absolute atomic E-state index is 0.425. The first-order chi connectivity index (χ1) is 13.3. The van der Waals surface area contributed by atoms with Crippen molar-refractivity contribution in [2.75, 3.05) is 5.09 Å². The fourth-order valence-corrected chi connectivity index (χ4v) is 4.03. The van der Waals surface area contributed by atoms with Gasteiger partial charge in [-0.15, -0.1) is 0 Å². The predicted molar refractivity (Wildman–Crippen MR) is 115 cm³/mol. The summed E-state index contributed by atoms with van der Waals surface area (Å²) in [4.78, 5) is 0. The van der Waals surface area contributed by atoms with Crippen LogP contribution in [0, 0.1) is 13.8 Å². The van der Waals surface area contributed by atoms with Gasteiger partial charge < -0.3 is 9.05 Å². The Labute approximate surface area is 167 Å². The third kappa shape index (κ3) is 5.40. The number of aryl methyl sites for hydroxylation is 2. The van der Waals surface area contributed by atoms with Gasteiger partial charge in [-0.25, -0.2) is 4.57 Å². The second-order valence-corrected chi connectivity index (χ2v) is 8.78. The normalized spacial score (nSPS) is 11.3. The highest BCUT2D eigenvalue weighted by atomic mass is 31.2. The maximum atomic E-state index is 13.6. The van der Waals surface area contributed by atoms with Crippen LogP contribution in [0.3, 0.4) is 0 Å². The number of nitrogens with one attached hydrogen (secondary N) is 1. The van der Waals surface area contributed by atoms with E-state index in [1.165, 1.54) is 5.56 Å². The lowest BCUT2D eigenvalue weighted by Crippen LogP contribution is -2.10. The summed E-state index contributed by atoms with van der Waals surface area (Å²) in [5.74, 6) is 1.38. The summed E-state index contributed by atoms with van der Waals surface area (Å²) in [5, 5.41) is 2.96. The van der Waals surface area contributed by atoms with Gasteiger partial charge in [0.05, 0.1) is 0 Å². The first kappa shape index (κ1) is 20.0. The van der Waals surface area contributed by atoms with Gasteiger partial charge in [-0.1, -0.05) is 61.4 Å². The molecule has 5 heteroatoms. The molecule has 0 aliphatic heterocycles. The molecule has 0 aliphatic rings. The van der Waals surface area contributed by atoms with E-state index in [0.29, 0.717) is 23.1 Å². The molecule has 0 unspecified atom stereocenters. The van der Waals surface area contributed by atoms with E-state index in [1.807, 2.05) is 62.4 Å². The Balaban J connectivity index is 1.87. The fourth-order valence-electron chi connectivity index (χ4n) is 2.64. The molecule has 1 N–H and O–H groups in total. The molecular formula is C23H26NO3P. The van der Waals surface area contributed by atoms with E-state index in [4.69, 9.17) is 9.05 Å². The predicted octanol–water partition coefficient (Wildman–Crippen LogP) is 7.10. The molecule has 146 valence electrons. The van der Waals surface area contributed by atoms with E-state index in [1.54, 1.807) is 24.3 Å². The molecule has 0 spiro atoms. The van der Waals surface area contributed by atoms with E-state index in [0.717, 1.165) is 11.1 Å². The van der Waals surface area contributed by atoms with Gasteiger partial charge in [0, 0.05) is 5.69 Å². The molecular weight excluding hydrogens is 369 g/mol. The zero-order valence-electron chi connectivity index (χ0n) is 16.7. The van der Waals surface area contributed by atoms with Crippen molar-refractivity contribution in [3.63, 3.8) is 0 Å². The molecule has 0 saturated heterocycles. The van der Waals surface area contributed by atoms with Gasteiger partial charge in [-0.3, -0.25) is 5.09 Å². The van der Waals surface area contributed by atoms with Crippen molar-refractivity contribution in [3.8, 4) is 11.5 Å². The van der Waals surface area contributed by atoms with Crippen LogP contribution in [0.15, 0.2) is 72.8 Å². The summed E-state index contributed by atoms with van der Waals surface area (Å²) < 4.78 is 25.1. The molecule has 3 aromatic rings. The minimum Gasteiger partial charge on any atom is -0.400 e. The molecule has 0 atom stereocenters. The minimum atomic E-state index is -3.70. The van der Waals surface area contributed by atoms with Gasteiger partial charge in [-0.05, 0) is 61.7 Å². The molecule has 0 fully saturated rings. The quantitative estimate of drug-likeness (QED) is 0.433. The summed E-state index contributed by atoms with van der Waals surface area (Å²) in [5.41, 5.74) is 4.07. The van der Waals surface area contributed by atoms with Crippen molar-refractivity contribution < 1.29 is 13.6 Å². The highest BCUT2D eigenvalue weighted by Crippen LogP contribution is 2.48.